The maximum Gasteiger partial charge on any atom is 0.306 e. The lowest BCUT2D eigenvalue weighted by Crippen LogP contribution is -2.30. The molecule has 0 bridgehead atoms. The first-order valence-corrected chi connectivity index (χ1v) is 23.3. The fourth-order valence-electron chi connectivity index (χ4n) is 6.24. The molecule has 1 atom stereocenters. The van der Waals surface area contributed by atoms with Crippen molar-refractivity contribution in [3.05, 3.63) is 60.8 Å². The van der Waals surface area contributed by atoms with Crippen LogP contribution in [-0.4, -0.2) is 37.2 Å². The van der Waals surface area contributed by atoms with E-state index in [9.17, 15) is 14.4 Å². The average Bonchev–Trinajstić information content (AvgIpc) is 3.19. The van der Waals surface area contributed by atoms with Crippen LogP contribution in [0.2, 0.25) is 0 Å². The fourth-order valence-corrected chi connectivity index (χ4v) is 6.24. The summed E-state index contributed by atoms with van der Waals surface area (Å²) < 4.78 is 16.7. The van der Waals surface area contributed by atoms with Crippen LogP contribution >= 0.6 is 0 Å². The molecule has 0 spiro atoms. The van der Waals surface area contributed by atoms with Gasteiger partial charge in [0.15, 0.2) is 6.10 Å². The molecule has 0 aromatic heterocycles. The Labute approximate surface area is 345 Å². The molecule has 0 rings (SSSR count). The van der Waals surface area contributed by atoms with Gasteiger partial charge in [0.25, 0.3) is 0 Å². The van der Waals surface area contributed by atoms with Crippen molar-refractivity contribution in [2.45, 2.75) is 226 Å². The summed E-state index contributed by atoms with van der Waals surface area (Å²) in [5.74, 6) is -0.921. The number of carbonyl (C=O) groups is 3. The van der Waals surface area contributed by atoms with Gasteiger partial charge in [-0.15, -0.1) is 0 Å². The van der Waals surface area contributed by atoms with Crippen LogP contribution in [0.1, 0.15) is 220 Å². The van der Waals surface area contributed by atoms with E-state index < -0.39 is 6.10 Å². The molecular weight excluding hydrogens is 697 g/mol. The highest BCUT2D eigenvalue weighted by atomic mass is 16.6. The Morgan fingerprint density at radius 2 is 0.714 bits per heavy atom. The predicted molar refractivity (Wildman–Crippen MR) is 238 cm³/mol. The van der Waals surface area contributed by atoms with Crippen LogP contribution in [0.5, 0.6) is 0 Å². The molecule has 322 valence electrons. The molecule has 0 amide bonds. The minimum Gasteiger partial charge on any atom is -0.462 e. The zero-order chi connectivity index (χ0) is 40.8. The Bertz CT molecular complexity index is 1040. The van der Waals surface area contributed by atoms with Gasteiger partial charge in [-0.1, -0.05) is 184 Å². The van der Waals surface area contributed by atoms with E-state index in [-0.39, 0.29) is 31.1 Å². The lowest BCUT2D eigenvalue weighted by molar-refractivity contribution is -0.167. The molecule has 0 aromatic carbocycles. The van der Waals surface area contributed by atoms with Crippen molar-refractivity contribution in [2.24, 2.45) is 0 Å². The van der Waals surface area contributed by atoms with Gasteiger partial charge in [0.05, 0.1) is 0 Å². The third kappa shape index (κ3) is 42.3. The van der Waals surface area contributed by atoms with Crippen molar-refractivity contribution in [2.75, 3.05) is 13.2 Å². The van der Waals surface area contributed by atoms with Crippen molar-refractivity contribution >= 4 is 17.9 Å². The quantitative estimate of drug-likeness (QED) is 0.0266. The summed E-state index contributed by atoms with van der Waals surface area (Å²) in [5.41, 5.74) is 0. The summed E-state index contributed by atoms with van der Waals surface area (Å²) in [4.78, 5) is 37.7. The highest BCUT2D eigenvalue weighted by molar-refractivity contribution is 5.71. The van der Waals surface area contributed by atoms with Gasteiger partial charge in [-0.05, 0) is 77.0 Å². The van der Waals surface area contributed by atoms with Gasteiger partial charge in [-0.2, -0.15) is 0 Å². The van der Waals surface area contributed by atoms with Gasteiger partial charge in [-0.3, -0.25) is 14.4 Å². The lowest BCUT2D eigenvalue weighted by atomic mass is 10.1. The van der Waals surface area contributed by atoms with E-state index >= 15 is 0 Å². The van der Waals surface area contributed by atoms with Crippen LogP contribution in [0.4, 0.5) is 0 Å². The van der Waals surface area contributed by atoms with E-state index in [1.807, 2.05) is 0 Å². The summed E-state index contributed by atoms with van der Waals surface area (Å²) in [7, 11) is 0. The number of allylic oxidation sites excluding steroid dienone is 10. The van der Waals surface area contributed by atoms with Crippen molar-refractivity contribution in [3.63, 3.8) is 0 Å². The van der Waals surface area contributed by atoms with Crippen molar-refractivity contribution in [1.82, 2.24) is 0 Å². The van der Waals surface area contributed by atoms with Gasteiger partial charge in [0.2, 0.25) is 0 Å². The van der Waals surface area contributed by atoms with E-state index in [2.05, 4.69) is 81.5 Å². The van der Waals surface area contributed by atoms with E-state index in [0.29, 0.717) is 19.3 Å². The Morgan fingerprint density at radius 3 is 1.14 bits per heavy atom. The van der Waals surface area contributed by atoms with Gasteiger partial charge in [-0.25, -0.2) is 0 Å². The molecule has 0 N–H and O–H groups in total. The second kappa shape index (κ2) is 44.8. The van der Waals surface area contributed by atoms with Gasteiger partial charge < -0.3 is 14.2 Å². The Balaban J connectivity index is 4.41. The summed E-state index contributed by atoms with van der Waals surface area (Å²) in [6.07, 6.45) is 53.4. The molecule has 0 heterocycles. The van der Waals surface area contributed by atoms with Crippen LogP contribution in [0, 0.1) is 0 Å². The third-order valence-corrected chi connectivity index (χ3v) is 9.76. The Hall–Kier alpha value is -2.89. The van der Waals surface area contributed by atoms with Crippen LogP contribution in [0.3, 0.4) is 0 Å². The standard InChI is InChI=1S/C50H86O6/c1-4-7-10-13-16-19-21-23-25-27-28-31-34-37-40-43-49(52)55-46-47(45-54-48(51)42-39-36-33-30-18-15-12-9-6-3)56-50(53)44-41-38-35-32-29-26-24-22-20-17-14-11-8-5-2/h7,10,14,16-17,19,22-25,47H,4-6,8-9,11-13,15,18,20-21,26-46H2,1-3H3/b10-7-,17-14-,19-16-,24-22-,25-23-/t47-/m1/s1. The first-order valence-electron chi connectivity index (χ1n) is 23.3. The normalized spacial score (nSPS) is 12.6. The second-order valence-corrected chi connectivity index (χ2v) is 15.3. The zero-order valence-corrected chi connectivity index (χ0v) is 36.6. The van der Waals surface area contributed by atoms with Crippen molar-refractivity contribution in [1.29, 1.82) is 0 Å². The number of unbranched alkanes of at least 4 members (excludes halogenated alkanes) is 20. The van der Waals surface area contributed by atoms with Gasteiger partial charge in [0.1, 0.15) is 13.2 Å². The van der Waals surface area contributed by atoms with E-state index in [4.69, 9.17) is 14.2 Å². The van der Waals surface area contributed by atoms with E-state index in [0.717, 1.165) is 122 Å². The zero-order valence-electron chi connectivity index (χ0n) is 36.6. The molecule has 0 aliphatic rings. The smallest absolute Gasteiger partial charge is 0.306 e. The molecule has 56 heavy (non-hydrogen) atoms. The molecule has 0 radical (unpaired) electrons. The highest BCUT2D eigenvalue weighted by Crippen LogP contribution is 2.13. The second-order valence-electron chi connectivity index (χ2n) is 15.3. The molecule has 0 aliphatic heterocycles. The number of ether oxygens (including phenoxy) is 3. The number of esters is 3. The first-order chi connectivity index (χ1) is 27.5. The van der Waals surface area contributed by atoms with Crippen molar-refractivity contribution in [3.8, 4) is 0 Å². The number of carbonyl (C=O) groups excluding carboxylic acids is 3. The van der Waals surface area contributed by atoms with Crippen LogP contribution < -0.4 is 0 Å². The molecule has 0 aliphatic carbocycles. The largest absolute Gasteiger partial charge is 0.462 e. The van der Waals surface area contributed by atoms with Crippen LogP contribution in [0.15, 0.2) is 60.8 Å². The third-order valence-electron chi connectivity index (χ3n) is 9.76. The first kappa shape index (κ1) is 53.1. The summed E-state index contributed by atoms with van der Waals surface area (Å²) in [6.45, 7) is 6.43. The lowest BCUT2D eigenvalue weighted by Gasteiger charge is -2.18. The Kier molecular flexibility index (Phi) is 42.5. The minimum absolute atomic E-state index is 0.0850. The Morgan fingerprint density at radius 1 is 0.375 bits per heavy atom. The molecule has 6 heteroatoms. The molecule has 0 fully saturated rings. The number of rotatable bonds is 41. The maximum absolute atomic E-state index is 12.7. The van der Waals surface area contributed by atoms with Crippen LogP contribution in [-0.2, 0) is 28.6 Å². The molecule has 0 saturated heterocycles. The topological polar surface area (TPSA) is 78.9 Å². The molecular formula is C50H86O6. The average molecular weight is 783 g/mol. The van der Waals surface area contributed by atoms with E-state index in [1.54, 1.807) is 0 Å². The van der Waals surface area contributed by atoms with Gasteiger partial charge >= 0.3 is 17.9 Å². The van der Waals surface area contributed by atoms with Gasteiger partial charge in [0, 0.05) is 19.3 Å². The molecule has 0 saturated carbocycles. The van der Waals surface area contributed by atoms with Crippen LogP contribution in [0.25, 0.3) is 0 Å². The predicted octanol–water partition coefficient (Wildman–Crippen LogP) is 14.9. The monoisotopic (exact) mass is 783 g/mol. The maximum atomic E-state index is 12.7. The minimum atomic E-state index is -0.784. The number of hydrogen-bond acceptors (Lipinski definition) is 6. The SMILES string of the molecule is CC/C=C\C/C=C\C/C=C\CCCCCCCC(=O)OC[C@@H](COC(=O)CCCCCCCCCCC)OC(=O)CCCCCCC/C=C\C/C=C\CCCC. The molecule has 0 aromatic rings. The number of hydrogen-bond donors (Lipinski definition) is 0. The molecule has 6 nitrogen and oxygen atoms in total. The van der Waals surface area contributed by atoms with Crippen molar-refractivity contribution < 1.29 is 28.6 Å². The summed E-state index contributed by atoms with van der Waals surface area (Å²) in [6, 6.07) is 0. The summed E-state index contributed by atoms with van der Waals surface area (Å²) >= 11 is 0. The van der Waals surface area contributed by atoms with E-state index in [1.165, 1.54) is 57.8 Å². The molecule has 0 unspecified atom stereocenters. The summed E-state index contributed by atoms with van der Waals surface area (Å²) in [5, 5.41) is 0. The highest BCUT2D eigenvalue weighted by Gasteiger charge is 2.19. The fraction of sp³-hybridized carbons (Fsp3) is 0.740.